The number of sulfonamides is 1. The summed E-state index contributed by atoms with van der Waals surface area (Å²) < 4.78 is 27.0. The maximum absolute atomic E-state index is 12.2. The number of benzene rings is 1. The summed E-state index contributed by atoms with van der Waals surface area (Å²) in [5, 5.41) is 3.03. The van der Waals surface area contributed by atoms with Gasteiger partial charge in [-0.05, 0) is 55.5 Å². The predicted molar refractivity (Wildman–Crippen MR) is 114 cm³/mol. The second-order valence-electron chi connectivity index (χ2n) is 7.62. The van der Waals surface area contributed by atoms with Crippen LogP contribution < -0.4 is 14.9 Å². The standard InChI is InChI=1S/C21H25N5O3S/c27-20(24-17-10-14-26(15-11-17)21-22-12-1-13-23-21)9-4-16-2-7-19(8-3-16)30(28,29)25-18-5-6-18/h1-4,7-9,12-13,17-18,25H,5-6,10-11,14-15H2,(H,24,27)/b9-4+. The second-order valence-corrected chi connectivity index (χ2v) is 9.33. The lowest BCUT2D eigenvalue weighted by Crippen LogP contribution is -2.44. The highest BCUT2D eigenvalue weighted by atomic mass is 32.2. The average Bonchev–Trinajstić information content (AvgIpc) is 3.57. The Morgan fingerprint density at radius 2 is 1.67 bits per heavy atom. The monoisotopic (exact) mass is 427 g/mol. The Labute approximate surface area is 176 Å². The van der Waals surface area contributed by atoms with E-state index in [-0.39, 0.29) is 22.9 Å². The summed E-state index contributed by atoms with van der Waals surface area (Å²) in [7, 11) is -3.46. The molecule has 8 nitrogen and oxygen atoms in total. The summed E-state index contributed by atoms with van der Waals surface area (Å²) in [6.07, 6.45) is 10.1. The summed E-state index contributed by atoms with van der Waals surface area (Å²) >= 11 is 0. The maximum atomic E-state index is 12.2. The molecule has 1 aliphatic heterocycles. The van der Waals surface area contributed by atoms with E-state index in [9.17, 15) is 13.2 Å². The van der Waals surface area contributed by atoms with Crippen molar-refractivity contribution in [2.45, 2.75) is 42.7 Å². The van der Waals surface area contributed by atoms with Crippen LogP contribution in [0.1, 0.15) is 31.2 Å². The number of nitrogens with zero attached hydrogens (tertiary/aromatic N) is 3. The first kappa shape index (κ1) is 20.5. The van der Waals surface area contributed by atoms with Gasteiger partial charge >= 0.3 is 0 Å². The highest BCUT2D eigenvalue weighted by Crippen LogP contribution is 2.22. The maximum Gasteiger partial charge on any atom is 0.244 e. The van der Waals surface area contributed by atoms with Gasteiger partial charge in [-0.25, -0.2) is 23.1 Å². The molecule has 1 amide bonds. The van der Waals surface area contributed by atoms with Gasteiger partial charge in [0, 0.05) is 43.6 Å². The zero-order chi connectivity index (χ0) is 21.0. The summed E-state index contributed by atoms with van der Waals surface area (Å²) in [6, 6.07) is 8.49. The molecule has 1 saturated heterocycles. The molecule has 2 heterocycles. The van der Waals surface area contributed by atoms with Crippen molar-refractivity contribution < 1.29 is 13.2 Å². The van der Waals surface area contributed by atoms with Crippen LogP contribution in [0.4, 0.5) is 5.95 Å². The molecule has 0 spiro atoms. The van der Waals surface area contributed by atoms with Crippen molar-refractivity contribution in [3.8, 4) is 0 Å². The normalized spacial score (nSPS) is 17.9. The van der Waals surface area contributed by atoms with Crippen molar-refractivity contribution in [3.63, 3.8) is 0 Å². The zero-order valence-electron chi connectivity index (χ0n) is 16.6. The topological polar surface area (TPSA) is 104 Å². The molecule has 2 aliphatic rings. The number of anilines is 1. The van der Waals surface area contributed by atoms with Gasteiger partial charge in [-0.15, -0.1) is 0 Å². The number of aromatic nitrogens is 2. The highest BCUT2D eigenvalue weighted by Gasteiger charge is 2.27. The lowest BCUT2D eigenvalue weighted by molar-refractivity contribution is -0.117. The number of nitrogens with one attached hydrogen (secondary N) is 2. The Hall–Kier alpha value is -2.78. The number of rotatable bonds is 7. The number of piperidine rings is 1. The van der Waals surface area contributed by atoms with Crippen LogP contribution in [-0.4, -0.2) is 49.5 Å². The van der Waals surface area contributed by atoms with E-state index in [1.54, 1.807) is 48.8 Å². The zero-order valence-corrected chi connectivity index (χ0v) is 17.4. The number of hydrogen-bond acceptors (Lipinski definition) is 6. The Morgan fingerprint density at radius 1 is 1.00 bits per heavy atom. The van der Waals surface area contributed by atoms with Crippen molar-refractivity contribution >= 4 is 28.0 Å². The van der Waals surface area contributed by atoms with Gasteiger partial charge < -0.3 is 10.2 Å². The molecule has 1 aromatic heterocycles. The molecule has 1 saturated carbocycles. The lowest BCUT2D eigenvalue weighted by Gasteiger charge is -2.32. The molecule has 2 fully saturated rings. The first-order chi connectivity index (χ1) is 14.5. The Kier molecular flexibility index (Phi) is 6.10. The van der Waals surface area contributed by atoms with Crippen molar-refractivity contribution in [3.05, 3.63) is 54.4 Å². The minimum Gasteiger partial charge on any atom is -0.350 e. The molecule has 2 N–H and O–H groups in total. The SMILES string of the molecule is O=C(/C=C/c1ccc(S(=O)(=O)NC2CC2)cc1)NC1CCN(c2ncccn2)CC1. The third kappa shape index (κ3) is 5.43. The third-order valence-corrected chi connectivity index (χ3v) is 6.73. The summed E-state index contributed by atoms with van der Waals surface area (Å²) in [5.41, 5.74) is 0.770. The Morgan fingerprint density at radius 3 is 2.30 bits per heavy atom. The molecule has 1 aliphatic carbocycles. The lowest BCUT2D eigenvalue weighted by atomic mass is 10.1. The first-order valence-corrected chi connectivity index (χ1v) is 11.6. The molecule has 2 aromatic rings. The molecule has 4 rings (SSSR count). The molecule has 158 valence electrons. The fourth-order valence-corrected chi connectivity index (χ4v) is 4.65. The summed E-state index contributed by atoms with van der Waals surface area (Å²) in [6.45, 7) is 1.59. The summed E-state index contributed by atoms with van der Waals surface area (Å²) in [5.74, 6) is 0.566. The fraction of sp³-hybridized carbons (Fsp3) is 0.381. The third-order valence-electron chi connectivity index (χ3n) is 5.19. The van der Waals surface area contributed by atoms with Crippen molar-refractivity contribution in [1.82, 2.24) is 20.0 Å². The smallest absolute Gasteiger partial charge is 0.244 e. The molecular weight excluding hydrogens is 402 g/mol. The van der Waals surface area contributed by atoms with E-state index in [1.807, 2.05) is 0 Å². The summed E-state index contributed by atoms with van der Waals surface area (Å²) in [4.78, 5) is 23.1. The number of amides is 1. The van der Waals surface area contributed by atoms with E-state index in [1.165, 1.54) is 6.08 Å². The van der Waals surface area contributed by atoms with Gasteiger partial charge in [0.2, 0.25) is 21.9 Å². The fourth-order valence-electron chi connectivity index (χ4n) is 3.35. The van der Waals surface area contributed by atoms with E-state index in [4.69, 9.17) is 0 Å². The minimum atomic E-state index is -3.46. The van der Waals surface area contributed by atoms with Crippen LogP contribution in [-0.2, 0) is 14.8 Å². The predicted octanol–water partition coefficient (Wildman–Crippen LogP) is 1.72. The van der Waals surface area contributed by atoms with Crippen molar-refractivity contribution in [1.29, 1.82) is 0 Å². The molecule has 0 bridgehead atoms. The molecule has 0 radical (unpaired) electrons. The minimum absolute atomic E-state index is 0.0744. The van der Waals surface area contributed by atoms with Crippen LogP contribution >= 0.6 is 0 Å². The van der Waals surface area contributed by atoms with E-state index < -0.39 is 10.0 Å². The van der Waals surface area contributed by atoms with Crippen LogP contribution in [0.2, 0.25) is 0 Å². The highest BCUT2D eigenvalue weighted by molar-refractivity contribution is 7.89. The van der Waals surface area contributed by atoms with Gasteiger partial charge in [0.15, 0.2) is 0 Å². The Balaban J connectivity index is 1.26. The first-order valence-electron chi connectivity index (χ1n) is 10.1. The molecule has 30 heavy (non-hydrogen) atoms. The molecular formula is C21H25N5O3S. The van der Waals surface area contributed by atoms with E-state index in [0.717, 1.165) is 50.3 Å². The van der Waals surface area contributed by atoms with Gasteiger partial charge in [-0.1, -0.05) is 12.1 Å². The van der Waals surface area contributed by atoms with Crippen LogP contribution in [0, 0.1) is 0 Å². The van der Waals surface area contributed by atoms with E-state index in [2.05, 4.69) is 24.9 Å². The van der Waals surface area contributed by atoms with E-state index in [0.29, 0.717) is 0 Å². The van der Waals surface area contributed by atoms with Gasteiger partial charge in [0.05, 0.1) is 4.90 Å². The van der Waals surface area contributed by atoms with Gasteiger partial charge in [0.25, 0.3) is 0 Å². The molecule has 0 atom stereocenters. The number of carbonyl (C=O) groups excluding carboxylic acids is 1. The van der Waals surface area contributed by atoms with Crippen LogP contribution in [0.3, 0.4) is 0 Å². The van der Waals surface area contributed by atoms with Crippen molar-refractivity contribution in [2.24, 2.45) is 0 Å². The van der Waals surface area contributed by atoms with Gasteiger partial charge in [-0.2, -0.15) is 0 Å². The number of hydrogen-bond donors (Lipinski definition) is 2. The van der Waals surface area contributed by atoms with Gasteiger partial charge in [-0.3, -0.25) is 4.79 Å². The molecule has 9 heteroatoms. The second kappa shape index (κ2) is 8.93. The average molecular weight is 428 g/mol. The van der Waals surface area contributed by atoms with Crippen LogP contribution in [0.25, 0.3) is 6.08 Å². The largest absolute Gasteiger partial charge is 0.350 e. The van der Waals surface area contributed by atoms with Crippen LogP contribution in [0.15, 0.2) is 53.7 Å². The molecule has 1 aromatic carbocycles. The Bertz CT molecular complexity index is 997. The van der Waals surface area contributed by atoms with Gasteiger partial charge in [0.1, 0.15) is 0 Å². The van der Waals surface area contributed by atoms with E-state index >= 15 is 0 Å². The van der Waals surface area contributed by atoms with Crippen molar-refractivity contribution in [2.75, 3.05) is 18.0 Å². The molecule has 0 unspecified atom stereocenters. The quantitative estimate of drug-likeness (QED) is 0.652. The number of carbonyl (C=O) groups is 1. The van der Waals surface area contributed by atoms with Crippen LogP contribution in [0.5, 0.6) is 0 Å².